The molecule has 1 aromatic carbocycles. The third kappa shape index (κ3) is 12.4. The number of hydrogen-bond donors (Lipinski definition) is 7. The van der Waals surface area contributed by atoms with Gasteiger partial charge in [-0.05, 0) is 51.0 Å². The Hall–Kier alpha value is -3.78. The first-order valence-electron chi connectivity index (χ1n) is 17.4. The molecule has 9 unspecified atom stereocenters. The molecule has 17 nitrogen and oxygen atoms in total. The molecule has 2 aliphatic heterocycles. The zero-order valence-corrected chi connectivity index (χ0v) is 29.9. The van der Waals surface area contributed by atoms with Gasteiger partial charge < -0.3 is 64.6 Å². The van der Waals surface area contributed by atoms with Crippen molar-refractivity contribution in [2.24, 2.45) is 0 Å². The summed E-state index contributed by atoms with van der Waals surface area (Å²) in [6, 6.07) is 5.79. The van der Waals surface area contributed by atoms with E-state index >= 15 is 0 Å². The predicted molar refractivity (Wildman–Crippen MR) is 183 cm³/mol. The fourth-order valence-electron chi connectivity index (χ4n) is 5.80. The summed E-state index contributed by atoms with van der Waals surface area (Å²) in [5.74, 6) is -1.98. The maximum atomic E-state index is 13.1. The average molecular weight is 751 g/mol. The number of benzene rings is 1. The number of fused-ring (bicyclic) bond motifs is 1. The lowest BCUT2D eigenvalue weighted by atomic mass is 9.91. The van der Waals surface area contributed by atoms with Gasteiger partial charge in [0, 0.05) is 31.4 Å². The first-order chi connectivity index (χ1) is 25.2. The van der Waals surface area contributed by atoms with Crippen LogP contribution in [-0.4, -0.2) is 143 Å². The van der Waals surface area contributed by atoms with Crippen LogP contribution in [-0.2, 0) is 42.8 Å². The number of amides is 2. The summed E-state index contributed by atoms with van der Waals surface area (Å²) < 4.78 is 33.0. The minimum absolute atomic E-state index is 0.0111. The lowest BCUT2D eigenvalue weighted by Crippen LogP contribution is -2.59. The Morgan fingerprint density at radius 3 is 2.42 bits per heavy atom. The molecule has 3 aliphatic rings. The summed E-state index contributed by atoms with van der Waals surface area (Å²) in [4.78, 5) is 50.6. The fourth-order valence-corrected chi connectivity index (χ4v) is 5.80. The Morgan fingerprint density at radius 1 is 1.00 bits per heavy atom. The third-order valence-electron chi connectivity index (χ3n) is 8.55. The van der Waals surface area contributed by atoms with Crippen molar-refractivity contribution in [2.45, 2.75) is 107 Å². The molecule has 2 heterocycles. The molecular formula is C36H50N2O15. The predicted octanol–water partition coefficient (Wildman–Crippen LogP) is -0.781. The lowest BCUT2D eigenvalue weighted by Gasteiger charge is -2.39. The number of aliphatic hydroxyl groups is 5. The first-order valence-corrected chi connectivity index (χ1v) is 17.4. The van der Waals surface area contributed by atoms with Crippen LogP contribution >= 0.6 is 0 Å². The molecule has 53 heavy (non-hydrogen) atoms. The van der Waals surface area contributed by atoms with Crippen molar-refractivity contribution in [3.05, 3.63) is 53.1 Å². The van der Waals surface area contributed by atoms with Gasteiger partial charge in [0.2, 0.25) is 11.8 Å². The van der Waals surface area contributed by atoms with E-state index in [0.29, 0.717) is 11.1 Å². The van der Waals surface area contributed by atoms with Crippen LogP contribution in [0.15, 0.2) is 42.0 Å². The molecule has 2 saturated heterocycles. The molecule has 9 atom stereocenters. The van der Waals surface area contributed by atoms with Gasteiger partial charge in [0.15, 0.2) is 6.29 Å². The van der Waals surface area contributed by atoms with Crippen molar-refractivity contribution in [2.75, 3.05) is 33.2 Å². The number of rotatable bonds is 16. The Labute approximate surface area is 306 Å². The number of carbonyl (C=O) groups is 4. The molecule has 0 saturated carbocycles. The Bertz CT molecular complexity index is 1460. The number of aliphatic hydroxyl groups excluding tert-OH is 5. The summed E-state index contributed by atoms with van der Waals surface area (Å²) in [5, 5.41) is 54.1. The molecule has 0 spiro atoms. The highest BCUT2D eigenvalue weighted by Crippen LogP contribution is 2.31. The number of esters is 2. The smallest absolute Gasteiger partial charge is 0.338 e. The monoisotopic (exact) mass is 750 g/mol. The normalized spacial score (nSPS) is 27.7. The molecule has 17 heteroatoms. The summed E-state index contributed by atoms with van der Waals surface area (Å²) in [5.41, 5.74) is 0.603. The SMILES string of the molecule is CC(C)(C)OC(=O)CCC(CO)NC(=O)CCNC(=O)C1=CC2OCOC2C(OC(=O)c2ccc(C=CCOC3OC(CO)C(O)C(O)C3O)cc2)C1. The van der Waals surface area contributed by atoms with Crippen LogP contribution in [0.3, 0.4) is 0 Å². The van der Waals surface area contributed by atoms with Crippen LogP contribution in [0.4, 0.5) is 0 Å². The van der Waals surface area contributed by atoms with Crippen molar-refractivity contribution < 1.29 is 73.1 Å². The standard InChI is InChI=1S/C36H50N2O15/c1-36(2,3)53-28(42)11-10-23(17-39)38-27(41)12-13-37-33(46)22-15-24-32(50-19-49-24)25(16-22)51-34(47)21-8-6-20(7-9-21)5-4-14-48-35-31(45)30(44)29(43)26(18-40)52-35/h4-9,15,23-26,29-32,35,39-40,43-45H,10-14,16-19H2,1-3H3,(H,37,46)(H,38,41). The molecule has 1 aliphatic carbocycles. The quantitative estimate of drug-likeness (QED) is 0.102. The van der Waals surface area contributed by atoms with Crippen molar-refractivity contribution in [3.8, 4) is 0 Å². The maximum Gasteiger partial charge on any atom is 0.338 e. The van der Waals surface area contributed by atoms with Crippen molar-refractivity contribution in [1.29, 1.82) is 0 Å². The van der Waals surface area contributed by atoms with Crippen molar-refractivity contribution in [3.63, 3.8) is 0 Å². The molecule has 294 valence electrons. The van der Waals surface area contributed by atoms with Gasteiger partial charge >= 0.3 is 11.9 Å². The van der Waals surface area contributed by atoms with Crippen LogP contribution in [0.5, 0.6) is 0 Å². The highest BCUT2D eigenvalue weighted by atomic mass is 16.7. The second-order valence-corrected chi connectivity index (χ2v) is 13.9. The Kier molecular flexibility index (Phi) is 15.5. The zero-order valence-electron chi connectivity index (χ0n) is 29.9. The molecule has 7 N–H and O–H groups in total. The molecule has 2 fully saturated rings. The van der Waals surface area contributed by atoms with Crippen LogP contribution in [0.2, 0.25) is 0 Å². The van der Waals surface area contributed by atoms with Gasteiger partial charge in [-0.15, -0.1) is 0 Å². The molecular weight excluding hydrogens is 700 g/mol. The Morgan fingerprint density at radius 2 is 1.74 bits per heavy atom. The van der Waals surface area contributed by atoms with E-state index in [1.165, 1.54) is 0 Å². The van der Waals surface area contributed by atoms with Crippen LogP contribution in [0, 0.1) is 0 Å². The van der Waals surface area contributed by atoms with Crippen LogP contribution in [0.1, 0.15) is 62.4 Å². The van der Waals surface area contributed by atoms with Gasteiger partial charge in [0.25, 0.3) is 0 Å². The highest BCUT2D eigenvalue weighted by Gasteiger charge is 2.44. The fraction of sp³-hybridized carbons (Fsp3) is 0.611. The van der Waals surface area contributed by atoms with E-state index in [9.17, 15) is 44.7 Å². The summed E-state index contributed by atoms with van der Waals surface area (Å²) >= 11 is 0. The first kappa shape index (κ1) is 42.0. The maximum absolute atomic E-state index is 13.1. The second-order valence-electron chi connectivity index (χ2n) is 13.9. The van der Waals surface area contributed by atoms with E-state index in [1.54, 1.807) is 63.3 Å². The summed E-state index contributed by atoms with van der Waals surface area (Å²) in [6.45, 7) is 4.22. The topological polar surface area (TPSA) is 249 Å². The Balaban J connectivity index is 1.22. The number of ether oxygens (including phenoxy) is 6. The van der Waals surface area contributed by atoms with Crippen LogP contribution < -0.4 is 10.6 Å². The second kappa shape index (κ2) is 19.5. The lowest BCUT2D eigenvalue weighted by molar-refractivity contribution is -0.298. The number of carbonyl (C=O) groups excluding carboxylic acids is 4. The highest BCUT2D eigenvalue weighted by molar-refractivity contribution is 5.94. The van der Waals surface area contributed by atoms with E-state index in [2.05, 4.69) is 10.6 Å². The molecule has 0 bridgehead atoms. The molecule has 1 aromatic rings. The van der Waals surface area contributed by atoms with E-state index in [0.717, 1.165) is 0 Å². The van der Waals surface area contributed by atoms with Gasteiger partial charge in [-0.3, -0.25) is 14.4 Å². The van der Waals surface area contributed by atoms with Gasteiger partial charge in [0.05, 0.1) is 31.4 Å². The zero-order chi connectivity index (χ0) is 38.7. The molecule has 0 radical (unpaired) electrons. The van der Waals surface area contributed by atoms with E-state index < -0.39 is 91.0 Å². The summed E-state index contributed by atoms with van der Waals surface area (Å²) in [7, 11) is 0. The van der Waals surface area contributed by atoms with E-state index in [1.807, 2.05) is 0 Å². The minimum atomic E-state index is -1.54. The minimum Gasteiger partial charge on any atom is -0.460 e. The van der Waals surface area contributed by atoms with Gasteiger partial charge in [-0.2, -0.15) is 0 Å². The third-order valence-corrected chi connectivity index (χ3v) is 8.55. The van der Waals surface area contributed by atoms with Gasteiger partial charge in [-0.25, -0.2) is 4.79 Å². The number of hydrogen-bond acceptors (Lipinski definition) is 15. The summed E-state index contributed by atoms with van der Waals surface area (Å²) in [6.07, 6.45) is -3.88. The van der Waals surface area contributed by atoms with Gasteiger partial charge in [-0.1, -0.05) is 24.3 Å². The van der Waals surface area contributed by atoms with Crippen molar-refractivity contribution >= 4 is 29.8 Å². The number of nitrogens with one attached hydrogen (secondary N) is 2. The largest absolute Gasteiger partial charge is 0.460 e. The average Bonchev–Trinajstić information content (AvgIpc) is 3.60. The van der Waals surface area contributed by atoms with Crippen LogP contribution in [0.25, 0.3) is 6.08 Å². The molecule has 4 rings (SSSR count). The van der Waals surface area contributed by atoms with E-state index in [-0.39, 0.29) is 57.8 Å². The van der Waals surface area contributed by atoms with Gasteiger partial charge in [0.1, 0.15) is 55.1 Å². The van der Waals surface area contributed by atoms with E-state index in [4.69, 9.17) is 28.4 Å². The molecule has 0 aromatic heterocycles. The van der Waals surface area contributed by atoms with Crippen molar-refractivity contribution in [1.82, 2.24) is 10.6 Å². The molecule has 2 amide bonds.